The van der Waals surface area contributed by atoms with Crippen LogP contribution in [0, 0.1) is 22.0 Å². The SMILES string of the molecule is CC1(C)[C@@H]2CC[C@@]1(C)C(=O)C(=Cc1ccccc1[NH+]([O-])O)C2=O. The molecule has 2 aliphatic rings. The van der Waals surface area contributed by atoms with Gasteiger partial charge in [0.05, 0.1) is 5.57 Å². The maximum atomic E-state index is 13.0. The normalized spacial score (nSPS) is 32.4. The summed E-state index contributed by atoms with van der Waals surface area (Å²) in [6, 6.07) is 6.44. The van der Waals surface area contributed by atoms with Crippen LogP contribution in [0.15, 0.2) is 29.8 Å². The second-order valence-electron chi connectivity index (χ2n) is 7.29. The van der Waals surface area contributed by atoms with Gasteiger partial charge in [-0.3, -0.25) is 9.59 Å². The average Bonchev–Trinajstić information content (AvgIpc) is 2.69. The molecule has 0 radical (unpaired) electrons. The van der Waals surface area contributed by atoms with E-state index in [1.807, 2.05) is 20.8 Å². The molecule has 2 bridgehead atoms. The van der Waals surface area contributed by atoms with Gasteiger partial charge in [-0.2, -0.15) is 5.23 Å². The number of carbonyl (C=O) groups is 2. The molecule has 0 aliphatic heterocycles. The first-order valence-corrected chi connectivity index (χ1v) is 7.83. The van der Waals surface area contributed by atoms with Crippen LogP contribution >= 0.6 is 0 Å². The van der Waals surface area contributed by atoms with Gasteiger partial charge in [-0.15, -0.1) is 0 Å². The quantitative estimate of drug-likeness (QED) is 0.497. The molecular weight excluding hydrogens is 294 g/mol. The first kappa shape index (κ1) is 16.1. The number of rotatable bonds is 2. The highest BCUT2D eigenvalue weighted by Gasteiger charge is 2.63. The summed E-state index contributed by atoms with van der Waals surface area (Å²) in [6.07, 6.45) is 2.89. The molecule has 1 unspecified atom stereocenters. The Hall–Kier alpha value is -1.82. The Kier molecular flexibility index (Phi) is 3.55. The Morgan fingerprint density at radius 2 is 1.91 bits per heavy atom. The van der Waals surface area contributed by atoms with Crippen molar-refractivity contribution in [2.24, 2.45) is 16.7 Å². The summed E-state index contributed by atoms with van der Waals surface area (Å²) >= 11 is 0. The first-order valence-electron chi connectivity index (χ1n) is 7.83. The van der Waals surface area contributed by atoms with Crippen LogP contribution in [-0.4, -0.2) is 16.8 Å². The standard InChI is InChI=1S/C18H21NO4/c1-17(2)13-8-9-18(17,3)16(21)12(15(13)20)10-11-6-4-5-7-14(11)19(22)23/h4-7,10,13,19,22H,8-9H2,1-3H3/t13-,18+/m1/s1. The second kappa shape index (κ2) is 5.09. The van der Waals surface area contributed by atoms with Crippen LogP contribution in [0.5, 0.6) is 0 Å². The zero-order chi connectivity index (χ0) is 17.0. The largest absolute Gasteiger partial charge is 0.595 e. The Morgan fingerprint density at radius 3 is 2.57 bits per heavy atom. The third kappa shape index (κ3) is 2.11. The van der Waals surface area contributed by atoms with Crippen molar-refractivity contribution in [2.45, 2.75) is 33.6 Å². The van der Waals surface area contributed by atoms with E-state index in [9.17, 15) is 20.0 Å². The predicted octanol–water partition coefficient (Wildman–Crippen LogP) is 2.07. The van der Waals surface area contributed by atoms with Crippen LogP contribution in [0.25, 0.3) is 6.08 Å². The number of hydrogen-bond acceptors (Lipinski definition) is 4. The monoisotopic (exact) mass is 315 g/mol. The summed E-state index contributed by atoms with van der Waals surface area (Å²) in [5.74, 6) is -0.468. The van der Waals surface area contributed by atoms with E-state index in [0.717, 1.165) is 0 Å². The summed E-state index contributed by atoms with van der Waals surface area (Å²) in [5, 5.41) is 19.5. The van der Waals surface area contributed by atoms with Crippen LogP contribution in [0.4, 0.5) is 5.69 Å². The maximum Gasteiger partial charge on any atom is 0.172 e. The average molecular weight is 315 g/mol. The lowest BCUT2D eigenvalue weighted by molar-refractivity contribution is -0.991. The van der Waals surface area contributed by atoms with E-state index in [1.54, 1.807) is 18.2 Å². The van der Waals surface area contributed by atoms with Crippen molar-refractivity contribution in [1.29, 1.82) is 0 Å². The van der Waals surface area contributed by atoms with Gasteiger partial charge < -0.3 is 5.21 Å². The fraction of sp³-hybridized carbons (Fsp3) is 0.444. The highest BCUT2D eigenvalue weighted by Crippen LogP contribution is 2.61. The van der Waals surface area contributed by atoms with Crippen molar-refractivity contribution in [2.75, 3.05) is 0 Å². The molecule has 2 saturated carbocycles. The molecule has 23 heavy (non-hydrogen) atoms. The topological polar surface area (TPSA) is 81.9 Å². The molecule has 0 heterocycles. The highest BCUT2D eigenvalue weighted by molar-refractivity contribution is 6.28. The van der Waals surface area contributed by atoms with Crippen LogP contribution in [0.1, 0.15) is 39.2 Å². The second-order valence-corrected chi connectivity index (χ2v) is 7.29. The van der Waals surface area contributed by atoms with Crippen molar-refractivity contribution in [3.05, 3.63) is 40.6 Å². The lowest BCUT2D eigenvalue weighted by Crippen LogP contribution is -2.99. The molecule has 1 aromatic rings. The fourth-order valence-corrected chi connectivity index (χ4v) is 4.07. The summed E-state index contributed by atoms with van der Waals surface area (Å²) in [6.45, 7) is 5.91. The number of ketones is 2. The fourth-order valence-electron chi connectivity index (χ4n) is 4.07. The molecular formula is C18H21NO4. The molecule has 2 fully saturated rings. The minimum atomic E-state index is -1.07. The number of hydrogen-bond donors (Lipinski definition) is 2. The molecule has 3 rings (SSSR count). The number of Topliss-reactive ketones (excluding diaryl/α,β-unsaturated/α-hetero) is 2. The minimum Gasteiger partial charge on any atom is -0.595 e. The highest BCUT2D eigenvalue weighted by atomic mass is 16.8. The molecule has 0 aromatic heterocycles. The van der Waals surface area contributed by atoms with Crippen molar-refractivity contribution in [3.8, 4) is 0 Å². The van der Waals surface area contributed by atoms with Gasteiger partial charge in [0.1, 0.15) is 0 Å². The third-order valence-electron chi connectivity index (χ3n) is 6.05. The molecule has 5 heteroatoms. The van der Waals surface area contributed by atoms with E-state index in [4.69, 9.17) is 0 Å². The number of benzene rings is 1. The number of allylic oxidation sites excluding steroid dienone is 1. The molecule has 122 valence electrons. The Balaban J connectivity index is 2.12. The number of carbonyl (C=O) groups excluding carboxylic acids is 2. The van der Waals surface area contributed by atoms with Crippen molar-refractivity contribution >= 4 is 23.3 Å². The molecule has 0 spiro atoms. The molecule has 2 N–H and O–H groups in total. The smallest absolute Gasteiger partial charge is 0.172 e. The Morgan fingerprint density at radius 1 is 1.26 bits per heavy atom. The Bertz CT molecular complexity index is 719. The number of fused-ring (bicyclic) bond motifs is 2. The molecule has 3 atom stereocenters. The van der Waals surface area contributed by atoms with Crippen LogP contribution in [0.2, 0.25) is 0 Å². The van der Waals surface area contributed by atoms with Crippen molar-refractivity contribution < 1.29 is 20.0 Å². The van der Waals surface area contributed by atoms with Crippen molar-refractivity contribution in [3.63, 3.8) is 0 Å². The maximum absolute atomic E-state index is 13.0. The molecule has 5 nitrogen and oxygen atoms in total. The molecule has 0 amide bonds. The van der Waals surface area contributed by atoms with Gasteiger partial charge in [0.25, 0.3) is 0 Å². The summed E-state index contributed by atoms with van der Waals surface area (Å²) in [5.41, 5.74) is -0.259. The Labute approximate surface area is 135 Å². The number of quaternary nitrogens is 1. The lowest BCUT2D eigenvalue weighted by atomic mass is 9.57. The van der Waals surface area contributed by atoms with E-state index in [0.29, 0.717) is 18.4 Å². The van der Waals surface area contributed by atoms with Gasteiger partial charge >= 0.3 is 0 Å². The van der Waals surface area contributed by atoms with E-state index in [1.165, 1.54) is 12.1 Å². The zero-order valence-electron chi connectivity index (χ0n) is 13.6. The van der Waals surface area contributed by atoms with Crippen LogP contribution in [-0.2, 0) is 9.59 Å². The molecule has 0 saturated heterocycles. The van der Waals surface area contributed by atoms with Gasteiger partial charge in [0.2, 0.25) is 0 Å². The predicted molar refractivity (Wildman–Crippen MR) is 84.8 cm³/mol. The summed E-state index contributed by atoms with van der Waals surface area (Å²) in [4.78, 5) is 25.8. The van der Waals surface area contributed by atoms with Crippen LogP contribution < -0.4 is 5.23 Å². The van der Waals surface area contributed by atoms with E-state index < -0.39 is 10.6 Å². The number of nitrogens with one attached hydrogen (secondary N) is 1. The lowest BCUT2D eigenvalue weighted by Gasteiger charge is -2.44. The van der Waals surface area contributed by atoms with Crippen LogP contribution in [0.3, 0.4) is 0 Å². The van der Waals surface area contributed by atoms with Gasteiger partial charge in [-0.05, 0) is 30.4 Å². The van der Waals surface area contributed by atoms with Gasteiger partial charge in [0.15, 0.2) is 17.3 Å². The zero-order valence-corrected chi connectivity index (χ0v) is 13.6. The van der Waals surface area contributed by atoms with E-state index in [-0.39, 0.29) is 34.2 Å². The third-order valence-corrected chi connectivity index (χ3v) is 6.05. The minimum absolute atomic E-state index is 0.0999. The van der Waals surface area contributed by atoms with Crippen molar-refractivity contribution in [1.82, 2.24) is 0 Å². The van der Waals surface area contributed by atoms with E-state index in [2.05, 4.69) is 0 Å². The van der Waals surface area contributed by atoms with Gasteiger partial charge in [-0.25, -0.2) is 5.21 Å². The van der Waals surface area contributed by atoms with Gasteiger partial charge in [-0.1, -0.05) is 32.9 Å². The summed E-state index contributed by atoms with van der Waals surface area (Å²) in [7, 11) is 0. The molecule has 1 aromatic carbocycles. The van der Waals surface area contributed by atoms with E-state index >= 15 is 0 Å². The molecule has 2 aliphatic carbocycles. The van der Waals surface area contributed by atoms with Gasteiger partial charge in [0, 0.05) is 23.0 Å². The summed E-state index contributed by atoms with van der Waals surface area (Å²) < 4.78 is 0. The number of para-hydroxylation sites is 1. The first-order chi connectivity index (χ1) is 10.7.